The summed E-state index contributed by atoms with van der Waals surface area (Å²) in [6.07, 6.45) is 1.28. The summed E-state index contributed by atoms with van der Waals surface area (Å²) in [6.45, 7) is 3.75. The molecule has 0 aliphatic heterocycles. The Morgan fingerprint density at radius 3 is 2.80 bits per heavy atom. The summed E-state index contributed by atoms with van der Waals surface area (Å²) < 4.78 is 19.4. The van der Waals surface area contributed by atoms with Crippen LogP contribution >= 0.6 is 15.9 Å². The summed E-state index contributed by atoms with van der Waals surface area (Å²) in [4.78, 5) is 8.02. The minimum Gasteiger partial charge on any atom is -0.473 e. The molecule has 0 aliphatic carbocycles. The zero-order chi connectivity index (χ0) is 14.7. The van der Waals surface area contributed by atoms with E-state index >= 15 is 0 Å². The molecule has 0 radical (unpaired) electrons. The number of nitrogens with two attached hydrogens (primary N) is 1. The minimum atomic E-state index is -0.359. The third kappa shape index (κ3) is 3.36. The highest BCUT2D eigenvalue weighted by atomic mass is 79.9. The molecule has 0 bridgehead atoms. The van der Waals surface area contributed by atoms with Crippen molar-refractivity contribution in [2.24, 2.45) is 0 Å². The van der Waals surface area contributed by atoms with Crippen molar-refractivity contribution in [3.05, 3.63) is 34.8 Å². The van der Waals surface area contributed by atoms with E-state index in [1.807, 2.05) is 13.8 Å². The highest BCUT2D eigenvalue weighted by Crippen LogP contribution is 2.31. The number of halogens is 2. The van der Waals surface area contributed by atoms with E-state index in [4.69, 9.17) is 10.5 Å². The number of ether oxygens (including phenoxy) is 1. The number of nitrogens with zero attached hydrogens (tertiary/aromatic N) is 2. The fraction of sp³-hybridized carbons (Fsp3) is 0.231. The van der Waals surface area contributed by atoms with Crippen LogP contribution in [0.4, 0.5) is 21.6 Å². The largest absolute Gasteiger partial charge is 0.473 e. The van der Waals surface area contributed by atoms with Crippen molar-refractivity contribution < 1.29 is 9.13 Å². The maximum Gasteiger partial charge on any atom is 0.242 e. The number of benzene rings is 1. The molecule has 2 aromatic rings. The molecule has 0 spiro atoms. The quantitative estimate of drug-likeness (QED) is 0.891. The Bertz CT molecular complexity index is 621. The van der Waals surface area contributed by atoms with Gasteiger partial charge in [-0.25, -0.2) is 9.37 Å². The van der Waals surface area contributed by atoms with Crippen molar-refractivity contribution in [2.75, 3.05) is 11.1 Å². The predicted molar refractivity (Wildman–Crippen MR) is 79.6 cm³/mol. The minimum absolute atomic E-state index is 0.0547. The SMILES string of the molecule is CC(C)Oc1ncnc(Nc2cc(F)ccc2Br)c1N. The summed E-state index contributed by atoms with van der Waals surface area (Å²) >= 11 is 3.33. The van der Waals surface area contributed by atoms with Gasteiger partial charge in [-0.05, 0) is 48.0 Å². The Morgan fingerprint density at radius 2 is 2.10 bits per heavy atom. The van der Waals surface area contributed by atoms with E-state index in [0.29, 0.717) is 21.9 Å². The van der Waals surface area contributed by atoms with Gasteiger partial charge in [0.1, 0.15) is 17.8 Å². The van der Waals surface area contributed by atoms with E-state index < -0.39 is 0 Å². The first-order chi connectivity index (χ1) is 9.47. The van der Waals surface area contributed by atoms with Gasteiger partial charge in [-0.3, -0.25) is 0 Å². The lowest BCUT2D eigenvalue weighted by molar-refractivity contribution is 0.234. The Kier molecular flexibility index (Phi) is 4.39. The number of hydrogen-bond acceptors (Lipinski definition) is 5. The van der Waals surface area contributed by atoms with Crippen LogP contribution in [0.5, 0.6) is 5.88 Å². The summed E-state index contributed by atoms with van der Waals surface area (Å²) in [6, 6.07) is 4.29. The summed E-state index contributed by atoms with van der Waals surface area (Å²) in [5.41, 5.74) is 6.74. The van der Waals surface area contributed by atoms with Crippen molar-refractivity contribution in [3.63, 3.8) is 0 Å². The van der Waals surface area contributed by atoms with Crippen LogP contribution < -0.4 is 15.8 Å². The maximum atomic E-state index is 13.3. The Labute approximate surface area is 124 Å². The monoisotopic (exact) mass is 340 g/mol. The molecular formula is C13H14BrFN4O. The molecule has 20 heavy (non-hydrogen) atoms. The number of nitrogens with one attached hydrogen (secondary N) is 1. The number of anilines is 3. The number of aromatic nitrogens is 2. The van der Waals surface area contributed by atoms with Crippen molar-refractivity contribution in [2.45, 2.75) is 20.0 Å². The van der Waals surface area contributed by atoms with Gasteiger partial charge in [-0.2, -0.15) is 4.98 Å². The van der Waals surface area contributed by atoms with Gasteiger partial charge in [-0.15, -0.1) is 0 Å². The fourth-order valence-corrected chi connectivity index (χ4v) is 1.86. The van der Waals surface area contributed by atoms with Crippen LogP contribution in [0.25, 0.3) is 0 Å². The highest BCUT2D eigenvalue weighted by molar-refractivity contribution is 9.10. The Morgan fingerprint density at radius 1 is 1.35 bits per heavy atom. The first kappa shape index (κ1) is 14.5. The molecule has 3 N–H and O–H groups in total. The second kappa shape index (κ2) is 6.04. The molecular weight excluding hydrogens is 327 g/mol. The molecule has 0 aliphatic rings. The molecule has 1 aromatic carbocycles. The third-order valence-corrected chi connectivity index (χ3v) is 3.07. The molecule has 7 heteroatoms. The Balaban J connectivity index is 2.32. The van der Waals surface area contributed by atoms with Gasteiger partial charge in [0.25, 0.3) is 0 Å². The highest BCUT2D eigenvalue weighted by Gasteiger charge is 2.12. The number of hydrogen-bond donors (Lipinski definition) is 2. The molecule has 106 valence electrons. The average Bonchev–Trinajstić information content (AvgIpc) is 2.38. The van der Waals surface area contributed by atoms with Crippen molar-refractivity contribution in [1.29, 1.82) is 0 Å². The van der Waals surface area contributed by atoms with E-state index in [1.54, 1.807) is 6.07 Å². The normalized spacial score (nSPS) is 10.7. The predicted octanol–water partition coefficient (Wildman–Crippen LogP) is 3.49. The average molecular weight is 341 g/mol. The van der Waals surface area contributed by atoms with Crippen LogP contribution in [-0.2, 0) is 0 Å². The van der Waals surface area contributed by atoms with E-state index in [0.717, 1.165) is 0 Å². The van der Waals surface area contributed by atoms with Crippen molar-refractivity contribution in [1.82, 2.24) is 9.97 Å². The van der Waals surface area contributed by atoms with Gasteiger partial charge >= 0.3 is 0 Å². The lowest BCUT2D eigenvalue weighted by Gasteiger charge is -2.14. The third-order valence-electron chi connectivity index (χ3n) is 2.38. The number of nitrogen functional groups attached to an aromatic ring is 1. The summed E-state index contributed by atoms with van der Waals surface area (Å²) in [5.74, 6) is 0.300. The molecule has 0 saturated heterocycles. The molecule has 0 amide bonds. The van der Waals surface area contributed by atoms with E-state index in [1.165, 1.54) is 18.5 Å². The van der Waals surface area contributed by atoms with E-state index in [9.17, 15) is 4.39 Å². The zero-order valence-electron chi connectivity index (χ0n) is 11.0. The van der Waals surface area contributed by atoms with Crippen LogP contribution in [-0.4, -0.2) is 16.1 Å². The molecule has 2 rings (SSSR count). The first-order valence-electron chi connectivity index (χ1n) is 5.96. The molecule has 1 heterocycles. The molecule has 1 aromatic heterocycles. The van der Waals surface area contributed by atoms with Crippen LogP contribution in [0.1, 0.15) is 13.8 Å². The zero-order valence-corrected chi connectivity index (χ0v) is 12.6. The molecule has 0 atom stereocenters. The summed E-state index contributed by atoms with van der Waals surface area (Å²) in [5, 5.41) is 2.95. The van der Waals surface area contributed by atoms with Crippen molar-refractivity contribution in [3.8, 4) is 5.88 Å². The standard InChI is InChI=1S/C13H14BrFN4O/c1-7(2)20-13-11(16)12(17-6-18-13)19-10-5-8(15)3-4-9(10)14/h3-7H,16H2,1-2H3,(H,17,18,19). The lowest BCUT2D eigenvalue weighted by atomic mass is 10.3. The van der Waals surface area contributed by atoms with Gasteiger partial charge in [-0.1, -0.05) is 0 Å². The van der Waals surface area contributed by atoms with Crippen molar-refractivity contribution >= 4 is 33.1 Å². The van der Waals surface area contributed by atoms with Gasteiger partial charge in [0.2, 0.25) is 5.88 Å². The first-order valence-corrected chi connectivity index (χ1v) is 6.76. The molecule has 0 saturated carbocycles. The van der Waals surface area contributed by atoms with E-state index in [-0.39, 0.29) is 17.6 Å². The number of rotatable bonds is 4. The van der Waals surface area contributed by atoms with Gasteiger partial charge in [0.05, 0.1) is 11.8 Å². The Hall–Kier alpha value is -1.89. The summed E-state index contributed by atoms with van der Waals surface area (Å²) in [7, 11) is 0. The van der Waals surface area contributed by atoms with Gasteiger partial charge < -0.3 is 15.8 Å². The van der Waals surface area contributed by atoms with Gasteiger partial charge in [0, 0.05) is 4.47 Å². The maximum absolute atomic E-state index is 13.3. The van der Waals surface area contributed by atoms with Gasteiger partial charge in [0.15, 0.2) is 5.82 Å². The molecule has 0 unspecified atom stereocenters. The van der Waals surface area contributed by atoms with E-state index in [2.05, 4.69) is 31.2 Å². The molecule has 0 fully saturated rings. The van der Waals surface area contributed by atoms with Crippen LogP contribution in [0.3, 0.4) is 0 Å². The topological polar surface area (TPSA) is 73.1 Å². The smallest absolute Gasteiger partial charge is 0.242 e. The van der Waals surface area contributed by atoms with Crippen LogP contribution in [0.2, 0.25) is 0 Å². The fourth-order valence-electron chi connectivity index (χ4n) is 1.52. The second-order valence-corrected chi connectivity index (χ2v) is 5.21. The lowest BCUT2D eigenvalue weighted by Crippen LogP contribution is -2.11. The van der Waals surface area contributed by atoms with Crippen LogP contribution in [0.15, 0.2) is 29.0 Å². The molecule has 5 nitrogen and oxygen atoms in total. The second-order valence-electron chi connectivity index (χ2n) is 4.36. The van der Waals surface area contributed by atoms with Crippen LogP contribution in [0, 0.1) is 5.82 Å².